The molecule has 2 aliphatic carbocycles. The van der Waals surface area contributed by atoms with E-state index in [9.17, 15) is 9.18 Å². The van der Waals surface area contributed by atoms with Gasteiger partial charge in [-0.15, -0.1) is 0 Å². The van der Waals surface area contributed by atoms with Crippen molar-refractivity contribution in [1.82, 2.24) is 0 Å². The summed E-state index contributed by atoms with van der Waals surface area (Å²) >= 11 is 0. The van der Waals surface area contributed by atoms with Gasteiger partial charge in [0, 0.05) is 11.5 Å². The quantitative estimate of drug-likeness (QED) is 0.780. The van der Waals surface area contributed by atoms with Crippen molar-refractivity contribution in [3.63, 3.8) is 0 Å². The minimum Gasteiger partial charge on any atom is -0.494 e. The van der Waals surface area contributed by atoms with Gasteiger partial charge in [0.2, 0.25) is 0 Å². The number of fused-ring (bicyclic) bond motifs is 4. The molecule has 1 aromatic carbocycles. The van der Waals surface area contributed by atoms with Gasteiger partial charge >= 0.3 is 0 Å². The molecule has 0 spiro atoms. The molecule has 0 N–H and O–H groups in total. The van der Waals surface area contributed by atoms with E-state index in [1.54, 1.807) is 6.07 Å². The number of ether oxygens (including phenoxy) is 1. The van der Waals surface area contributed by atoms with Gasteiger partial charge in [-0.25, -0.2) is 4.39 Å². The maximum absolute atomic E-state index is 14.7. The van der Waals surface area contributed by atoms with Gasteiger partial charge in [-0.3, -0.25) is 4.79 Å². The highest BCUT2D eigenvalue weighted by molar-refractivity contribution is 5.94. The van der Waals surface area contributed by atoms with Gasteiger partial charge < -0.3 is 4.74 Å². The zero-order chi connectivity index (χ0) is 14.3. The van der Waals surface area contributed by atoms with E-state index in [1.807, 2.05) is 13.0 Å². The number of hydrogen-bond donors (Lipinski definition) is 0. The Labute approximate surface area is 119 Å². The van der Waals surface area contributed by atoms with Crippen LogP contribution < -0.4 is 4.74 Å². The zero-order valence-electron chi connectivity index (χ0n) is 12.2. The first-order valence-corrected chi connectivity index (χ1v) is 7.48. The number of methoxy groups -OCH3 is 1. The van der Waals surface area contributed by atoms with Gasteiger partial charge in [-0.2, -0.15) is 0 Å². The molecule has 0 heterocycles. The Balaban J connectivity index is 2.19. The molecular formula is C17H21FO2. The summed E-state index contributed by atoms with van der Waals surface area (Å²) in [5.41, 5.74) is 0.925. The number of Topliss-reactive ketones (excluding diaryl/α,β-unsaturated/α-hetero) is 1. The second-order valence-electron chi connectivity index (χ2n) is 6.31. The molecule has 20 heavy (non-hydrogen) atoms. The molecule has 108 valence electrons. The lowest BCUT2D eigenvalue weighted by molar-refractivity contribution is -0.130. The average Bonchev–Trinajstić information content (AvgIpc) is 2.43. The van der Waals surface area contributed by atoms with Crippen LogP contribution in [0.2, 0.25) is 0 Å². The lowest BCUT2D eigenvalue weighted by Crippen LogP contribution is -2.44. The summed E-state index contributed by atoms with van der Waals surface area (Å²) in [5.74, 6) is 0.218. The third-order valence-corrected chi connectivity index (χ3v) is 5.07. The number of halogens is 1. The first kappa shape index (κ1) is 13.6. The van der Waals surface area contributed by atoms with E-state index in [2.05, 4.69) is 0 Å². The Kier molecular flexibility index (Phi) is 3.31. The molecule has 2 unspecified atom stereocenters. The average molecular weight is 276 g/mol. The van der Waals surface area contributed by atoms with Crippen LogP contribution in [0.15, 0.2) is 12.1 Å². The monoisotopic (exact) mass is 276 g/mol. The number of benzene rings is 1. The molecule has 2 bridgehead atoms. The summed E-state index contributed by atoms with van der Waals surface area (Å²) in [7, 11) is 1.47. The second kappa shape index (κ2) is 4.87. The van der Waals surface area contributed by atoms with Crippen molar-refractivity contribution in [1.29, 1.82) is 0 Å². The van der Waals surface area contributed by atoms with E-state index in [0.29, 0.717) is 12.0 Å². The Morgan fingerprint density at radius 1 is 1.30 bits per heavy atom. The number of carbonyl (C=O) groups is 1. The SMILES string of the molecule is COc1ccc2c(c1F)C1(C)CCCCCC(C2)C1=O. The Hall–Kier alpha value is -1.38. The standard InChI is InChI=1S/C17H21FO2/c1-17-9-5-3-4-6-12(16(17)19)10-11-7-8-13(20-2)15(18)14(11)17/h7-8,12H,3-6,9-10H2,1-2H3. The predicted molar refractivity (Wildman–Crippen MR) is 75.6 cm³/mol. The summed E-state index contributed by atoms with van der Waals surface area (Å²) in [6.45, 7) is 1.92. The molecule has 0 radical (unpaired) electrons. The third kappa shape index (κ3) is 1.87. The second-order valence-corrected chi connectivity index (χ2v) is 6.31. The van der Waals surface area contributed by atoms with Crippen molar-refractivity contribution in [2.75, 3.05) is 7.11 Å². The van der Waals surface area contributed by atoms with Crippen molar-refractivity contribution < 1.29 is 13.9 Å². The highest BCUT2D eigenvalue weighted by Gasteiger charge is 2.46. The molecule has 1 fully saturated rings. The summed E-state index contributed by atoms with van der Waals surface area (Å²) in [6, 6.07) is 3.63. The first-order chi connectivity index (χ1) is 9.58. The molecule has 2 nitrogen and oxygen atoms in total. The van der Waals surface area contributed by atoms with E-state index >= 15 is 0 Å². The summed E-state index contributed by atoms with van der Waals surface area (Å²) < 4.78 is 19.8. The molecule has 0 saturated heterocycles. The van der Waals surface area contributed by atoms with Gasteiger partial charge in [-0.05, 0) is 37.8 Å². The highest BCUT2D eigenvalue weighted by Crippen LogP contribution is 2.46. The molecule has 3 heteroatoms. The fraction of sp³-hybridized carbons (Fsp3) is 0.588. The number of carbonyl (C=O) groups excluding carboxylic acids is 1. The summed E-state index contributed by atoms with van der Waals surface area (Å²) in [5, 5.41) is 0. The van der Waals surface area contributed by atoms with Crippen LogP contribution in [0.25, 0.3) is 0 Å². The van der Waals surface area contributed by atoms with E-state index in [1.165, 1.54) is 7.11 Å². The van der Waals surface area contributed by atoms with Crippen LogP contribution in [0.4, 0.5) is 4.39 Å². The smallest absolute Gasteiger partial charge is 0.169 e. The lowest BCUT2D eigenvalue weighted by atomic mass is 9.62. The molecule has 0 aliphatic heterocycles. The van der Waals surface area contributed by atoms with Crippen LogP contribution in [0.1, 0.15) is 50.2 Å². The Morgan fingerprint density at radius 3 is 2.85 bits per heavy atom. The molecule has 0 aromatic heterocycles. The van der Waals surface area contributed by atoms with E-state index < -0.39 is 5.41 Å². The van der Waals surface area contributed by atoms with Crippen molar-refractivity contribution in [2.24, 2.45) is 5.92 Å². The van der Waals surface area contributed by atoms with Crippen molar-refractivity contribution >= 4 is 5.78 Å². The van der Waals surface area contributed by atoms with Gasteiger partial charge in [0.1, 0.15) is 5.78 Å². The molecule has 1 aromatic rings. The fourth-order valence-corrected chi connectivity index (χ4v) is 3.98. The van der Waals surface area contributed by atoms with Crippen LogP contribution in [-0.4, -0.2) is 12.9 Å². The van der Waals surface area contributed by atoms with E-state index in [0.717, 1.165) is 37.7 Å². The van der Waals surface area contributed by atoms with Crippen LogP contribution >= 0.6 is 0 Å². The fourth-order valence-electron chi connectivity index (χ4n) is 3.98. The zero-order valence-corrected chi connectivity index (χ0v) is 12.2. The van der Waals surface area contributed by atoms with Gasteiger partial charge in [-0.1, -0.05) is 25.3 Å². The Bertz CT molecular complexity index is 552. The van der Waals surface area contributed by atoms with Gasteiger partial charge in [0.05, 0.1) is 12.5 Å². The van der Waals surface area contributed by atoms with Crippen molar-refractivity contribution in [2.45, 2.75) is 50.9 Å². The normalized spacial score (nSPS) is 29.4. The van der Waals surface area contributed by atoms with Gasteiger partial charge in [0.15, 0.2) is 11.6 Å². The predicted octanol–water partition coefficient (Wildman–Crippen LogP) is 3.80. The van der Waals surface area contributed by atoms with Gasteiger partial charge in [0.25, 0.3) is 0 Å². The van der Waals surface area contributed by atoms with E-state index in [-0.39, 0.29) is 23.3 Å². The van der Waals surface area contributed by atoms with Crippen molar-refractivity contribution in [3.05, 3.63) is 29.1 Å². The van der Waals surface area contributed by atoms with Crippen molar-refractivity contribution in [3.8, 4) is 5.75 Å². The number of hydrogen-bond acceptors (Lipinski definition) is 2. The molecular weight excluding hydrogens is 255 g/mol. The largest absolute Gasteiger partial charge is 0.494 e. The molecule has 3 rings (SSSR count). The molecule has 0 amide bonds. The molecule has 1 saturated carbocycles. The third-order valence-electron chi connectivity index (χ3n) is 5.07. The topological polar surface area (TPSA) is 26.3 Å². The van der Waals surface area contributed by atoms with Crippen LogP contribution in [0.3, 0.4) is 0 Å². The number of ketones is 1. The molecule has 2 aliphatic rings. The summed E-state index contributed by atoms with van der Waals surface area (Å²) in [6.07, 6.45) is 5.62. The first-order valence-electron chi connectivity index (χ1n) is 7.48. The Morgan fingerprint density at radius 2 is 2.10 bits per heavy atom. The van der Waals surface area contributed by atoms with Crippen LogP contribution in [-0.2, 0) is 16.6 Å². The van der Waals surface area contributed by atoms with Crippen LogP contribution in [0, 0.1) is 11.7 Å². The summed E-state index contributed by atoms with van der Waals surface area (Å²) in [4.78, 5) is 12.8. The lowest BCUT2D eigenvalue weighted by Gasteiger charge is -2.40. The number of rotatable bonds is 1. The van der Waals surface area contributed by atoms with E-state index in [4.69, 9.17) is 4.74 Å². The molecule has 2 atom stereocenters. The highest BCUT2D eigenvalue weighted by atomic mass is 19.1. The minimum absolute atomic E-state index is 0.0700. The minimum atomic E-state index is -0.669. The maximum atomic E-state index is 14.7. The van der Waals surface area contributed by atoms with Crippen LogP contribution in [0.5, 0.6) is 5.75 Å². The maximum Gasteiger partial charge on any atom is 0.169 e.